The largest absolute Gasteiger partial charge is 0.481 e. The summed E-state index contributed by atoms with van der Waals surface area (Å²) in [5, 5.41) is 25.1. The van der Waals surface area contributed by atoms with E-state index in [0.29, 0.717) is 18.6 Å². The lowest BCUT2D eigenvalue weighted by Gasteiger charge is -2.27. The van der Waals surface area contributed by atoms with Crippen LogP contribution in [0.25, 0.3) is 0 Å². The molecule has 0 aliphatic heterocycles. The number of carbonyl (C=O) groups excluding carboxylic acids is 3. The summed E-state index contributed by atoms with van der Waals surface area (Å²) >= 11 is 5.60. The first-order chi connectivity index (χ1) is 14.5. The molecule has 5 unspecified atom stereocenters. The molecule has 3 amide bonds. The molecule has 0 fully saturated rings. The maximum atomic E-state index is 12.7. The predicted octanol–water partition coefficient (Wildman–Crippen LogP) is -0.944. The number of aliphatic carboxylic acids is 2. The second kappa shape index (κ2) is 14.9. The number of thioether (sulfide) groups is 1. The van der Waals surface area contributed by atoms with Gasteiger partial charge in [-0.2, -0.15) is 24.4 Å². The van der Waals surface area contributed by atoms with Gasteiger partial charge in [0.15, 0.2) is 0 Å². The van der Waals surface area contributed by atoms with Crippen molar-refractivity contribution in [2.45, 2.75) is 57.3 Å². The lowest BCUT2D eigenvalue weighted by molar-refractivity contribution is -0.147. The molecule has 0 spiro atoms. The van der Waals surface area contributed by atoms with Crippen molar-refractivity contribution < 1.29 is 34.2 Å². The van der Waals surface area contributed by atoms with Gasteiger partial charge in [-0.15, -0.1) is 0 Å². The first-order valence-electron chi connectivity index (χ1n) is 9.69. The minimum absolute atomic E-state index is 0.0571. The Balaban J connectivity index is 5.28. The van der Waals surface area contributed by atoms with Crippen LogP contribution >= 0.6 is 24.4 Å². The van der Waals surface area contributed by atoms with E-state index < -0.39 is 66.2 Å². The van der Waals surface area contributed by atoms with Gasteiger partial charge in [-0.3, -0.25) is 19.2 Å². The van der Waals surface area contributed by atoms with Crippen molar-refractivity contribution in [3.05, 3.63) is 0 Å². The van der Waals surface area contributed by atoms with Crippen LogP contribution in [0.4, 0.5) is 0 Å². The molecule has 0 aromatic rings. The fourth-order valence-electron chi connectivity index (χ4n) is 2.44. The van der Waals surface area contributed by atoms with Gasteiger partial charge in [-0.25, -0.2) is 4.79 Å². The molecule has 0 bridgehead atoms. The number of hydrogen-bond acceptors (Lipinski definition) is 8. The molecule has 0 aliphatic carbocycles. The average Bonchev–Trinajstić information content (AvgIpc) is 2.71. The van der Waals surface area contributed by atoms with Gasteiger partial charge in [-0.05, 0) is 24.3 Å². The highest BCUT2D eigenvalue weighted by molar-refractivity contribution is 7.98. The Labute approximate surface area is 191 Å². The molecule has 178 valence electrons. The lowest BCUT2D eigenvalue weighted by atomic mass is 9.97. The number of hydrogen-bond donors (Lipinski definition) is 7. The van der Waals surface area contributed by atoms with Crippen LogP contribution in [0.1, 0.15) is 33.1 Å². The highest BCUT2D eigenvalue weighted by Crippen LogP contribution is 2.10. The van der Waals surface area contributed by atoms with Crippen molar-refractivity contribution in [3.8, 4) is 0 Å². The van der Waals surface area contributed by atoms with Gasteiger partial charge in [0.2, 0.25) is 17.7 Å². The number of rotatable bonds is 15. The van der Waals surface area contributed by atoms with Gasteiger partial charge >= 0.3 is 11.9 Å². The van der Waals surface area contributed by atoms with Crippen LogP contribution in [-0.2, 0) is 24.0 Å². The van der Waals surface area contributed by atoms with Gasteiger partial charge in [-0.1, -0.05) is 20.3 Å². The normalized spacial score (nSPS) is 15.6. The van der Waals surface area contributed by atoms with E-state index in [1.165, 1.54) is 11.8 Å². The van der Waals surface area contributed by atoms with Crippen LogP contribution in [-0.4, -0.2) is 81.8 Å². The van der Waals surface area contributed by atoms with Crippen molar-refractivity contribution in [1.82, 2.24) is 16.0 Å². The third kappa shape index (κ3) is 10.7. The SMILES string of the molecule is CCC(C)C(NC(=O)C(CS)NC(=O)C(N)CCSC)C(=O)NC(CC(=O)O)C(=O)O. The first-order valence-corrected chi connectivity index (χ1v) is 11.7. The summed E-state index contributed by atoms with van der Waals surface area (Å²) in [6.07, 6.45) is 1.95. The smallest absolute Gasteiger partial charge is 0.326 e. The Morgan fingerprint density at radius 3 is 2.03 bits per heavy atom. The minimum atomic E-state index is -1.65. The molecule has 7 N–H and O–H groups in total. The molecule has 0 saturated carbocycles. The Kier molecular flexibility index (Phi) is 14.0. The van der Waals surface area contributed by atoms with Gasteiger partial charge in [0, 0.05) is 5.75 Å². The van der Waals surface area contributed by atoms with Crippen molar-refractivity contribution in [3.63, 3.8) is 0 Å². The number of nitrogens with two attached hydrogens (primary N) is 1. The predicted molar refractivity (Wildman–Crippen MR) is 120 cm³/mol. The Morgan fingerprint density at radius 1 is 1.00 bits per heavy atom. The van der Waals surface area contributed by atoms with E-state index in [9.17, 15) is 24.0 Å². The van der Waals surface area contributed by atoms with Crippen molar-refractivity contribution in [1.29, 1.82) is 0 Å². The quantitative estimate of drug-likeness (QED) is 0.145. The average molecular weight is 481 g/mol. The summed E-state index contributed by atoms with van der Waals surface area (Å²) in [5.41, 5.74) is 5.80. The van der Waals surface area contributed by atoms with E-state index in [-0.39, 0.29) is 5.75 Å². The molecule has 0 aromatic carbocycles. The Bertz CT molecular complexity index is 650. The number of nitrogens with one attached hydrogen (secondary N) is 3. The summed E-state index contributed by atoms with van der Waals surface area (Å²) in [7, 11) is 0. The molecule has 0 saturated heterocycles. The van der Waals surface area contributed by atoms with E-state index in [1.54, 1.807) is 13.8 Å². The Hall–Kier alpha value is -1.99. The van der Waals surface area contributed by atoms with E-state index in [0.717, 1.165) is 0 Å². The molecule has 5 atom stereocenters. The molecule has 13 heteroatoms. The third-order valence-corrected chi connectivity index (χ3v) is 5.58. The molecule has 0 aromatic heterocycles. The van der Waals surface area contributed by atoms with Crippen LogP contribution in [0.5, 0.6) is 0 Å². The summed E-state index contributed by atoms with van der Waals surface area (Å²) in [4.78, 5) is 59.6. The number of carbonyl (C=O) groups is 5. The number of thiol groups is 1. The number of carboxylic acid groups (broad SMARTS) is 2. The monoisotopic (exact) mass is 480 g/mol. The molecular formula is C18H32N4O7S2. The van der Waals surface area contributed by atoms with Crippen LogP contribution in [0.2, 0.25) is 0 Å². The molecule has 11 nitrogen and oxygen atoms in total. The van der Waals surface area contributed by atoms with Crippen molar-refractivity contribution >= 4 is 54.1 Å². The zero-order valence-corrected chi connectivity index (χ0v) is 19.5. The second-order valence-electron chi connectivity index (χ2n) is 7.00. The standard InChI is InChI=1S/C18H32N4O7S2/c1-4-9(2)14(17(27)20-11(18(28)29)7-13(23)24)22-16(26)12(8-30)21-15(25)10(19)5-6-31-3/h9-12,14,30H,4-8,19H2,1-3H3,(H,20,27)(H,21,25)(H,22,26)(H,23,24)(H,28,29). The topological polar surface area (TPSA) is 188 Å². The highest BCUT2D eigenvalue weighted by atomic mass is 32.2. The first kappa shape index (κ1) is 29.0. The zero-order chi connectivity index (χ0) is 24.1. The van der Waals surface area contributed by atoms with Crippen LogP contribution in [0.15, 0.2) is 0 Å². The number of carboxylic acids is 2. The van der Waals surface area contributed by atoms with Gasteiger partial charge < -0.3 is 31.9 Å². The van der Waals surface area contributed by atoms with Crippen LogP contribution < -0.4 is 21.7 Å². The van der Waals surface area contributed by atoms with E-state index in [2.05, 4.69) is 28.6 Å². The van der Waals surface area contributed by atoms with Crippen molar-refractivity contribution in [2.75, 3.05) is 17.8 Å². The zero-order valence-electron chi connectivity index (χ0n) is 17.8. The third-order valence-electron chi connectivity index (χ3n) is 4.57. The summed E-state index contributed by atoms with van der Waals surface area (Å²) in [6, 6.07) is -4.66. The highest BCUT2D eigenvalue weighted by Gasteiger charge is 2.33. The van der Waals surface area contributed by atoms with Gasteiger partial charge in [0.25, 0.3) is 0 Å². The maximum Gasteiger partial charge on any atom is 0.326 e. The Morgan fingerprint density at radius 2 is 1.58 bits per heavy atom. The minimum Gasteiger partial charge on any atom is -0.481 e. The fraction of sp³-hybridized carbons (Fsp3) is 0.722. The molecule has 0 aliphatic rings. The van der Waals surface area contributed by atoms with Crippen LogP contribution in [0.3, 0.4) is 0 Å². The number of amides is 3. The molecule has 0 heterocycles. The van der Waals surface area contributed by atoms with E-state index in [1.807, 2.05) is 6.26 Å². The molecule has 31 heavy (non-hydrogen) atoms. The van der Waals surface area contributed by atoms with Crippen LogP contribution in [0, 0.1) is 5.92 Å². The lowest BCUT2D eigenvalue weighted by Crippen LogP contribution is -2.59. The summed E-state index contributed by atoms with van der Waals surface area (Å²) in [5.74, 6) is -4.74. The van der Waals surface area contributed by atoms with Gasteiger partial charge in [0.05, 0.1) is 12.5 Å². The van der Waals surface area contributed by atoms with E-state index >= 15 is 0 Å². The molecule has 0 radical (unpaired) electrons. The molecular weight excluding hydrogens is 448 g/mol. The second-order valence-corrected chi connectivity index (χ2v) is 8.35. The summed E-state index contributed by atoms with van der Waals surface area (Å²) < 4.78 is 0. The van der Waals surface area contributed by atoms with Gasteiger partial charge in [0.1, 0.15) is 18.1 Å². The maximum absolute atomic E-state index is 12.7. The van der Waals surface area contributed by atoms with Crippen molar-refractivity contribution in [2.24, 2.45) is 11.7 Å². The fourth-order valence-corrected chi connectivity index (χ4v) is 3.19. The molecule has 0 rings (SSSR count). The summed E-state index contributed by atoms with van der Waals surface area (Å²) in [6.45, 7) is 3.44. The van der Waals surface area contributed by atoms with E-state index in [4.69, 9.17) is 15.9 Å².